The van der Waals surface area contributed by atoms with Crippen LogP contribution in [0.5, 0.6) is 5.75 Å². The van der Waals surface area contributed by atoms with E-state index < -0.39 is 0 Å². The number of esters is 1. The molecule has 0 fully saturated rings. The van der Waals surface area contributed by atoms with Crippen molar-refractivity contribution in [2.75, 3.05) is 19.8 Å². The van der Waals surface area contributed by atoms with Crippen LogP contribution in [0.15, 0.2) is 24.4 Å². The lowest BCUT2D eigenvalue weighted by Crippen LogP contribution is -2.06. The second-order valence-electron chi connectivity index (χ2n) is 4.82. The van der Waals surface area contributed by atoms with Gasteiger partial charge in [-0.15, -0.1) is 0 Å². The van der Waals surface area contributed by atoms with Gasteiger partial charge in [-0.1, -0.05) is 0 Å². The lowest BCUT2D eigenvalue weighted by atomic mass is 10.1. The maximum absolute atomic E-state index is 11.2. The molecule has 5 nitrogen and oxygen atoms in total. The van der Waals surface area contributed by atoms with Crippen LogP contribution in [0.1, 0.15) is 25.3 Å². The van der Waals surface area contributed by atoms with Gasteiger partial charge in [0.2, 0.25) is 0 Å². The normalized spacial score (nSPS) is 10.8. The fourth-order valence-electron chi connectivity index (χ4n) is 2.25. The molecule has 0 bridgehead atoms. The number of carbonyl (C=O) groups excluding carboxylic acids is 1. The summed E-state index contributed by atoms with van der Waals surface area (Å²) in [7, 11) is 0. The molecule has 0 aliphatic rings. The van der Waals surface area contributed by atoms with E-state index in [4.69, 9.17) is 15.2 Å². The first-order valence-corrected chi connectivity index (χ1v) is 7.33. The van der Waals surface area contributed by atoms with Gasteiger partial charge in [0.1, 0.15) is 5.75 Å². The fourth-order valence-corrected chi connectivity index (χ4v) is 2.25. The number of H-pyrrole nitrogens is 1. The topological polar surface area (TPSA) is 77.3 Å². The van der Waals surface area contributed by atoms with E-state index in [9.17, 15) is 4.79 Å². The zero-order valence-electron chi connectivity index (χ0n) is 12.4. The minimum absolute atomic E-state index is 0.174. The molecule has 1 heterocycles. The summed E-state index contributed by atoms with van der Waals surface area (Å²) in [5.74, 6) is 0.636. The highest BCUT2D eigenvalue weighted by Crippen LogP contribution is 2.24. The summed E-state index contributed by atoms with van der Waals surface area (Å²) in [5.41, 5.74) is 7.89. The van der Waals surface area contributed by atoms with Gasteiger partial charge in [-0.05, 0) is 50.1 Å². The van der Waals surface area contributed by atoms with Crippen LogP contribution >= 0.6 is 0 Å². The van der Waals surface area contributed by atoms with Gasteiger partial charge >= 0.3 is 5.97 Å². The van der Waals surface area contributed by atoms with E-state index in [0.717, 1.165) is 23.1 Å². The largest absolute Gasteiger partial charge is 0.494 e. The Bertz CT molecular complexity index is 592. The van der Waals surface area contributed by atoms with Crippen LogP contribution in [0.4, 0.5) is 0 Å². The van der Waals surface area contributed by atoms with Gasteiger partial charge in [-0.25, -0.2) is 0 Å². The molecule has 2 aromatic rings. The van der Waals surface area contributed by atoms with E-state index in [1.54, 1.807) is 6.92 Å². The van der Waals surface area contributed by atoms with Gasteiger partial charge in [0.15, 0.2) is 0 Å². The van der Waals surface area contributed by atoms with Crippen molar-refractivity contribution in [3.63, 3.8) is 0 Å². The second kappa shape index (κ2) is 7.69. The van der Waals surface area contributed by atoms with Crippen molar-refractivity contribution >= 4 is 16.9 Å². The summed E-state index contributed by atoms with van der Waals surface area (Å²) >= 11 is 0. The van der Waals surface area contributed by atoms with Crippen LogP contribution in [0.3, 0.4) is 0 Å². The first-order valence-electron chi connectivity index (χ1n) is 7.33. The number of nitrogens with one attached hydrogen (secondary N) is 1. The molecule has 1 aromatic heterocycles. The van der Waals surface area contributed by atoms with E-state index in [1.165, 1.54) is 5.56 Å². The van der Waals surface area contributed by atoms with Crippen molar-refractivity contribution < 1.29 is 14.3 Å². The van der Waals surface area contributed by atoms with Crippen molar-refractivity contribution in [1.82, 2.24) is 4.98 Å². The first-order chi connectivity index (χ1) is 10.2. The molecule has 21 heavy (non-hydrogen) atoms. The minimum Gasteiger partial charge on any atom is -0.494 e. The average Bonchev–Trinajstić information content (AvgIpc) is 2.87. The van der Waals surface area contributed by atoms with Gasteiger partial charge < -0.3 is 20.2 Å². The monoisotopic (exact) mass is 290 g/mol. The minimum atomic E-state index is -0.174. The number of fused-ring (bicyclic) bond motifs is 1. The van der Waals surface area contributed by atoms with Gasteiger partial charge in [0.05, 0.1) is 13.2 Å². The smallest absolute Gasteiger partial charge is 0.305 e. The van der Waals surface area contributed by atoms with Crippen molar-refractivity contribution in [2.24, 2.45) is 5.73 Å². The van der Waals surface area contributed by atoms with Crippen molar-refractivity contribution in [3.05, 3.63) is 30.0 Å². The number of aromatic nitrogens is 1. The molecular weight excluding hydrogens is 268 g/mol. The molecule has 0 aliphatic heterocycles. The summed E-state index contributed by atoms with van der Waals surface area (Å²) in [6, 6.07) is 5.94. The maximum atomic E-state index is 11.2. The Morgan fingerprint density at radius 1 is 1.38 bits per heavy atom. The third kappa shape index (κ3) is 4.23. The zero-order chi connectivity index (χ0) is 15.1. The molecule has 0 radical (unpaired) electrons. The standard InChI is InChI=1S/C16H22N2O3/c1-2-20-16(19)4-3-9-21-13-5-6-15-14(10-13)12(7-8-17)11-18-15/h5-6,10-11,18H,2-4,7-9,17H2,1H3. The molecule has 114 valence electrons. The molecule has 0 saturated heterocycles. The SMILES string of the molecule is CCOC(=O)CCCOc1ccc2[nH]cc(CCN)c2c1. The Balaban J connectivity index is 1.90. The highest BCUT2D eigenvalue weighted by atomic mass is 16.5. The summed E-state index contributed by atoms with van der Waals surface area (Å²) in [6.07, 6.45) is 3.87. The quantitative estimate of drug-likeness (QED) is 0.578. The Morgan fingerprint density at radius 3 is 3.00 bits per heavy atom. The molecule has 5 heteroatoms. The molecular formula is C16H22N2O3. The Morgan fingerprint density at radius 2 is 2.24 bits per heavy atom. The van der Waals surface area contributed by atoms with Gasteiger partial charge in [0, 0.05) is 23.5 Å². The summed E-state index contributed by atoms with van der Waals surface area (Å²) in [6.45, 7) is 3.35. The number of hydrogen-bond acceptors (Lipinski definition) is 4. The van der Waals surface area contributed by atoms with Crippen molar-refractivity contribution in [2.45, 2.75) is 26.2 Å². The number of ether oxygens (including phenoxy) is 2. The lowest BCUT2D eigenvalue weighted by Gasteiger charge is -2.07. The molecule has 0 unspecified atom stereocenters. The summed E-state index contributed by atoms with van der Waals surface area (Å²) in [5, 5.41) is 1.14. The predicted octanol–water partition coefficient (Wildman–Crippen LogP) is 2.39. The molecule has 3 N–H and O–H groups in total. The highest BCUT2D eigenvalue weighted by molar-refractivity contribution is 5.84. The Kier molecular flexibility index (Phi) is 5.63. The van der Waals surface area contributed by atoms with E-state index in [2.05, 4.69) is 4.98 Å². The number of nitrogens with two attached hydrogens (primary N) is 1. The number of hydrogen-bond donors (Lipinski definition) is 2. The van der Waals surface area contributed by atoms with E-state index in [-0.39, 0.29) is 5.97 Å². The van der Waals surface area contributed by atoms with Crippen molar-refractivity contribution in [1.29, 1.82) is 0 Å². The van der Waals surface area contributed by atoms with Crippen molar-refractivity contribution in [3.8, 4) is 5.75 Å². The fraction of sp³-hybridized carbons (Fsp3) is 0.438. The molecule has 1 aromatic carbocycles. The van der Waals surface area contributed by atoms with Crippen LogP contribution in [-0.2, 0) is 16.0 Å². The third-order valence-corrected chi connectivity index (χ3v) is 3.25. The van der Waals surface area contributed by atoms with Crippen LogP contribution < -0.4 is 10.5 Å². The predicted molar refractivity (Wildman–Crippen MR) is 82.4 cm³/mol. The molecule has 0 saturated carbocycles. The molecule has 0 spiro atoms. The number of aromatic amines is 1. The van der Waals surface area contributed by atoms with E-state index in [1.807, 2.05) is 24.4 Å². The number of carbonyl (C=O) groups is 1. The number of benzene rings is 1. The van der Waals surface area contributed by atoms with Crippen LogP contribution in [-0.4, -0.2) is 30.7 Å². The first kappa shape index (κ1) is 15.4. The highest BCUT2D eigenvalue weighted by Gasteiger charge is 2.05. The van der Waals surface area contributed by atoms with Gasteiger partial charge in [-0.2, -0.15) is 0 Å². The van der Waals surface area contributed by atoms with Gasteiger partial charge in [0.25, 0.3) is 0 Å². The van der Waals surface area contributed by atoms with Crippen LogP contribution in [0.25, 0.3) is 10.9 Å². The Hall–Kier alpha value is -2.01. The lowest BCUT2D eigenvalue weighted by molar-refractivity contribution is -0.143. The van der Waals surface area contributed by atoms with Crippen LogP contribution in [0.2, 0.25) is 0 Å². The Labute approximate surface area is 124 Å². The molecule has 0 amide bonds. The summed E-state index contributed by atoms with van der Waals surface area (Å²) in [4.78, 5) is 14.4. The number of rotatable bonds is 8. The molecule has 2 rings (SSSR count). The average molecular weight is 290 g/mol. The third-order valence-electron chi connectivity index (χ3n) is 3.25. The van der Waals surface area contributed by atoms with Gasteiger partial charge in [-0.3, -0.25) is 4.79 Å². The van der Waals surface area contributed by atoms with E-state index in [0.29, 0.717) is 32.6 Å². The zero-order valence-corrected chi connectivity index (χ0v) is 12.4. The second-order valence-corrected chi connectivity index (χ2v) is 4.82. The molecule has 0 atom stereocenters. The molecule has 0 aliphatic carbocycles. The summed E-state index contributed by atoms with van der Waals surface area (Å²) < 4.78 is 10.6. The van der Waals surface area contributed by atoms with E-state index >= 15 is 0 Å². The van der Waals surface area contributed by atoms with Crippen LogP contribution in [0, 0.1) is 0 Å². The maximum Gasteiger partial charge on any atom is 0.305 e.